The smallest absolute Gasteiger partial charge is 0.0677 e. The van der Waals surface area contributed by atoms with E-state index in [-0.39, 0.29) is 11.2 Å². The Morgan fingerprint density at radius 3 is 2.48 bits per heavy atom. The molecule has 1 heterocycles. The first-order valence-electron chi connectivity index (χ1n) is 7.92. The van der Waals surface area contributed by atoms with Crippen LogP contribution < -0.4 is 5.32 Å². The molecular weight excluding hydrogens is 282 g/mol. The molecule has 1 fully saturated rings. The Kier molecular flexibility index (Phi) is 5.02. The van der Waals surface area contributed by atoms with Gasteiger partial charge in [-0.25, -0.2) is 0 Å². The van der Waals surface area contributed by atoms with E-state index in [1.54, 1.807) is 0 Å². The minimum absolute atomic E-state index is 0.0533. The second-order valence-electron chi connectivity index (χ2n) is 7.24. The summed E-state index contributed by atoms with van der Waals surface area (Å²) in [5, 5.41) is 4.51. The summed E-state index contributed by atoms with van der Waals surface area (Å²) in [6, 6.07) is 8.53. The van der Waals surface area contributed by atoms with E-state index in [1.165, 1.54) is 5.56 Å². The van der Waals surface area contributed by atoms with Gasteiger partial charge in [0.2, 0.25) is 0 Å². The lowest BCUT2D eigenvalue weighted by Crippen LogP contribution is -2.45. The van der Waals surface area contributed by atoms with Crippen LogP contribution in [0.1, 0.15) is 46.6 Å². The summed E-state index contributed by atoms with van der Waals surface area (Å²) in [6.45, 7) is 11.9. The Morgan fingerprint density at radius 1 is 1.29 bits per heavy atom. The third-order valence-corrected chi connectivity index (χ3v) is 4.86. The number of halogens is 1. The van der Waals surface area contributed by atoms with Crippen LogP contribution in [0.4, 0.5) is 0 Å². The summed E-state index contributed by atoms with van der Waals surface area (Å²) in [5.74, 6) is 0.476. The quantitative estimate of drug-likeness (QED) is 0.867. The normalized spacial score (nSPS) is 25.0. The van der Waals surface area contributed by atoms with Gasteiger partial charge in [-0.3, -0.25) is 0 Å². The molecule has 1 aromatic carbocycles. The largest absolute Gasteiger partial charge is 0.369 e. The molecule has 0 radical (unpaired) electrons. The van der Waals surface area contributed by atoms with Gasteiger partial charge in [-0.1, -0.05) is 36.7 Å². The molecule has 1 aromatic rings. The Balaban J connectivity index is 2.21. The number of hydrogen-bond acceptors (Lipinski definition) is 2. The average molecular weight is 310 g/mol. The number of nitrogens with one attached hydrogen (secondary N) is 1. The Bertz CT molecular complexity index is 484. The van der Waals surface area contributed by atoms with Crippen LogP contribution in [-0.2, 0) is 11.2 Å². The maximum atomic E-state index is 6.34. The molecule has 0 amide bonds. The summed E-state index contributed by atoms with van der Waals surface area (Å²) >= 11 is 6.34. The predicted octanol–water partition coefficient (Wildman–Crippen LogP) is 4.45. The molecule has 2 unspecified atom stereocenters. The number of hydrogen-bond donors (Lipinski definition) is 1. The Hall–Kier alpha value is -0.570. The zero-order chi connectivity index (χ0) is 15.7. The first-order valence-corrected chi connectivity index (χ1v) is 8.30. The van der Waals surface area contributed by atoms with Crippen molar-refractivity contribution < 1.29 is 4.74 Å². The van der Waals surface area contributed by atoms with E-state index in [1.807, 2.05) is 12.1 Å². The highest BCUT2D eigenvalue weighted by atomic mass is 35.5. The fourth-order valence-electron chi connectivity index (χ4n) is 3.75. The molecule has 21 heavy (non-hydrogen) atoms. The predicted molar refractivity (Wildman–Crippen MR) is 90.0 cm³/mol. The molecule has 0 bridgehead atoms. The van der Waals surface area contributed by atoms with Crippen LogP contribution in [0.2, 0.25) is 5.02 Å². The van der Waals surface area contributed by atoms with Crippen molar-refractivity contribution in [3.63, 3.8) is 0 Å². The summed E-state index contributed by atoms with van der Waals surface area (Å²) in [7, 11) is 0. The highest BCUT2D eigenvalue weighted by Gasteiger charge is 2.48. The maximum absolute atomic E-state index is 6.34. The van der Waals surface area contributed by atoms with E-state index in [0.29, 0.717) is 12.0 Å². The lowest BCUT2D eigenvalue weighted by atomic mass is 9.79. The molecule has 2 rings (SSSR count). The molecule has 2 atom stereocenters. The van der Waals surface area contributed by atoms with Crippen LogP contribution >= 0.6 is 11.6 Å². The average Bonchev–Trinajstić information content (AvgIpc) is 2.59. The molecule has 1 aliphatic rings. The molecule has 1 aliphatic heterocycles. The Morgan fingerprint density at radius 2 is 1.95 bits per heavy atom. The van der Waals surface area contributed by atoms with Crippen molar-refractivity contribution in [1.82, 2.24) is 5.32 Å². The van der Waals surface area contributed by atoms with Crippen molar-refractivity contribution in [1.29, 1.82) is 0 Å². The van der Waals surface area contributed by atoms with Gasteiger partial charge in [-0.2, -0.15) is 0 Å². The molecule has 3 heteroatoms. The van der Waals surface area contributed by atoms with Gasteiger partial charge < -0.3 is 10.1 Å². The van der Waals surface area contributed by atoms with Crippen molar-refractivity contribution in [3.05, 3.63) is 34.9 Å². The molecule has 0 spiro atoms. The van der Waals surface area contributed by atoms with Gasteiger partial charge in [-0.15, -0.1) is 0 Å². The van der Waals surface area contributed by atoms with Gasteiger partial charge in [0.15, 0.2) is 0 Å². The van der Waals surface area contributed by atoms with E-state index < -0.39 is 0 Å². The highest BCUT2D eigenvalue weighted by molar-refractivity contribution is 6.31. The summed E-state index contributed by atoms with van der Waals surface area (Å²) in [6.07, 6.45) is 2.02. The Labute approximate surface area is 134 Å². The standard InChI is InChI=1S/C18H28ClNO/c1-6-20-16(11-13-9-7-8-10-15(13)19)14-12-17(2,3)21-18(14,4)5/h7-10,14,16,20H,6,11-12H2,1-5H3. The second-order valence-corrected chi connectivity index (χ2v) is 7.64. The summed E-state index contributed by atoms with van der Waals surface area (Å²) < 4.78 is 6.27. The summed E-state index contributed by atoms with van der Waals surface area (Å²) in [5.41, 5.74) is 1.05. The monoisotopic (exact) mass is 309 g/mol. The van der Waals surface area contributed by atoms with E-state index >= 15 is 0 Å². The fraction of sp³-hybridized carbons (Fsp3) is 0.667. The zero-order valence-electron chi connectivity index (χ0n) is 13.9. The third-order valence-electron chi connectivity index (χ3n) is 4.49. The number of ether oxygens (including phenoxy) is 1. The van der Waals surface area contributed by atoms with Gasteiger partial charge in [0.05, 0.1) is 11.2 Å². The van der Waals surface area contributed by atoms with Crippen LogP contribution in [0.25, 0.3) is 0 Å². The molecule has 0 aromatic heterocycles. The lowest BCUT2D eigenvalue weighted by Gasteiger charge is -2.33. The second kappa shape index (κ2) is 6.28. The van der Waals surface area contributed by atoms with Gasteiger partial charge in [0.25, 0.3) is 0 Å². The molecule has 118 valence electrons. The summed E-state index contributed by atoms with van der Waals surface area (Å²) in [4.78, 5) is 0. The number of benzene rings is 1. The van der Waals surface area contributed by atoms with Crippen molar-refractivity contribution in [2.75, 3.05) is 6.54 Å². The topological polar surface area (TPSA) is 21.3 Å². The van der Waals surface area contributed by atoms with E-state index in [2.05, 4.69) is 52.1 Å². The van der Waals surface area contributed by atoms with E-state index in [4.69, 9.17) is 16.3 Å². The maximum Gasteiger partial charge on any atom is 0.0677 e. The molecule has 0 aliphatic carbocycles. The van der Waals surface area contributed by atoms with E-state index in [9.17, 15) is 0 Å². The molecule has 0 saturated carbocycles. The van der Waals surface area contributed by atoms with Crippen LogP contribution in [0.5, 0.6) is 0 Å². The fourth-order valence-corrected chi connectivity index (χ4v) is 3.96. The van der Waals surface area contributed by atoms with Gasteiger partial charge in [0, 0.05) is 17.0 Å². The number of rotatable bonds is 5. The van der Waals surface area contributed by atoms with Crippen LogP contribution in [0.3, 0.4) is 0 Å². The minimum Gasteiger partial charge on any atom is -0.369 e. The molecule has 1 saturated heterocycles. The van der Waals surface area contributed by atoms with Gasteiger partial charge in [0.1, 0.15) is 0 Å². The molecular formula is C18H28ClNO. The van der Waals surface area contributed by atoms with Crippen LogP contribution in [0, 0.1) is 5.92 Å². The van der Waals surface area contributed by atoms with Gasteiger partial charge >= 0.3 is 0 Å². The highest BCUT2D eigenvalue weighted by Crippen LogP contribution is 2.44. The van der Waals surface area contributed by atoms with Crippen molar-refractivity contribution in [2.24, 2.45) is 5.92 Å². The first-order chi connectivity index (χ1) is 9.75. The first kappa shape index (κ1) is 16.8. The van der Waals surface area contributed by atoms with Crippen LogP contribution in [-0.4, -0.2) is 23.8 Å². The van der Waals surface area contributed by atoms with Crippen molar-refractivity contribution in [3.8, 4) is 0 Å². The third kappa shape index (κ3) is 4.00. The molecule has 2 nitrogen and oxygen atoms in total. The lowest BCUT2D eigenvalue weighted by molar-refractivity contribution is -0.0776. The van der Waals surface area contributed by atoms with Crippen molar-refractivity contribution in [2.45, 2.75) is 64.7 Å². The SMILES string of the molecule is CCNC(Cc1ccccc1Cl)C1CC(C)(C)OC1(C)C. The van der Waals surface area contributed by atoms with Gasteiger partial charge in [-0.05, 0) is 58.7 Å². The van der Waals surface area contributed by atoms with E-state index in [0.717, 1.165) is 24.4 Å². The number of likely N-dealkylation sites (N-methyl/N-ethyl adjacent to an activating group) is 1. The zero-order valence-corrected chi connectivity index (χ0v) is 14.6. The van der Waals surface area contributed by atoms with Crippen molar-refractivity contribution >= 4 is 11.6 Å². The minimum atomic E-state index is -0.113. The van der Waals surface area contributed by atoms with Crippen LogP contribution in [0.15, 0.2) is 24.3 Å². The molecule has 1 N–H and O–H groups in total.